The summed E-state index contributed by atoms with van der Waals surface area (Å²) in [7, 11) is 0. The lowest BCUT2D eigenvalue weighted by atomic mass is 10.3. The van der Waals surface area contributed by atoms with Crippen molar-refractivity contribution >= 4 is 54.9 Å². The maximum Gasteiger partial charge on any atom is 0.190 e. The Labute approximate surface area is 145 Å². The summed E-state index contributed by atoms with van der Waals surface area (Å²) in [6.45, 7) is 0. The van der Waals surface area contributed by atoms with Gasteiger partial charge in [0.05, 0.1) is 15.9 Å². The molecule has 0 bridgehead atoms. The Balaban J connectivity index is 1.63. The van der Waals surface area contributed by atoms with Crippen molar-refractivity contribution in [3.05, 3.63) is 48.0 Å². The number of thiazole rings is 2. The van der Waals surface area contributed by atoms with Crippen LogP contribution < -0.4 is 5.32 Å². The number of aromatic nitrogens is 3. The minimum absolute atomic E-state index is 0.829. The summed E-state index contributed by atoms with van der Waals surface area (Å²) in [4.78, 5) is 14.8. The van der Waals surface area contributed by atoms with Gasteiger partial charge in [-0.3, -0.25) is 4.98 Å². The van der Waals surface area contributed by atoms with Crippen LogP contribution in [0.25, 0.3) is 21.6 Å². The largest absolute Gasteiger partial charge is 0.307 e. The van der Waals surface area contributed by atoms with Gasteiger partial charge in [-0.15, -0.1) is 23.1 Å². The third kappa shape index (κ3) is 2.95. The molecule has 0 saturated carbocycles. The monoisotopic (exact) mass is 356 g/mol. The fourth-order valence-electron chi connectivity index (χ4n) is 2.20. The lowest BCUT2D eigenvalue weighted by Gasteiger charge is -1.96. The van der Waals surface area contributed by atoms with Gasteiger partial charge in [0.2, 0.25) is 0 Å². The molecule has 3 aromatic heterocycles. The van der Waals surface area contributed by atoms with Crippen molar-refractivity contribution in [1.82, 2.24) is 15.0 Å². The minimum Gasteiger partial charge on any atom is -0.307 e. The molecule has 0 saturated heterocycles. The van der Waals surface area contributed by atoms with Crippen molar-refractivity contribution < 1.29 is 0 Å². The predicted molar refractivity (Wildman–Crippen MR) is 100 cm³/mol. The van der Waals surface area contributed by atoms with Gasteiger partial charge < -0.3 is 5.32 Å². The molecule has 0 atom stereocenters. The van der Waals surface area contributed by atoms with Crippen LogP contribution >= 0.6 is 34.4 Å². The van der Waals surface area contributed by atoms with E-state index in [4.69, 9.17) is 4.98 Å². The average Bonchev–Trinajstić information content (AvgIpc) is 3.22. The Kier molecular flexibility index (Phi) is 3.99. The van der Waals surface area contributed by atoms with Crippen LogP contribution in [-0.2, 0) is 0 Å². The first kappa shape index (κ1) is 14.6. The van der Waals surface area contributed by atoms with Gasteiger partial charge in [-0.2, -0.15) is 0 Å². The third-order valence-corrected chi connectivity index (χ3v) is 5.71. The van der Waals surface area contributed by atoms with Crippen molar-refractivity contribution in [2.75, 3.05) is 11.6 Å². The molecule has 0 fully saturated rings. The van der Waals surface area contributed by atoms with Crippen LogP contribution in [0.15, 0.2) is 52.9 Å². The second kappa shape index (κ2) is 6.27. The standard InChI is InChI=1S/C16H12N4S3/c1-21-12-6-4-7-13-14(12)19-16(23-13)20-15-18-11(9-22-15)10-5-2-3-8-17-10/h2-9H,1H3,(H,18,19,20). The van der Waals surface area contributed by atoms with Gasteiger partial charge in [-0.1, -0.05) is 23.5 Å². The molecule has 1 N–H and O–H groups in total. The zero-order valence-electron chi connectivity index (χ0n) is 12.2. The summed E-state index contributed by atoms with van der Waals surface area (Å²) in [5.41, 5.74) is 2.81. The summed E-state index contributed by atoms with van der Waals surface area (Å²) < 4.78 is 1.18. The van der Waals surface area contributed by atoms with Crippen LogP contribution in [0.3, 0.4) is 0 Å². The molecule has 4 nitrogen and oxygen atoms in total. The molecular formula is C16H12N4S3. The van der Waals surface area contributed by atoms with Crippen molar-refractivity contribution in [2.24, 2.45) is 0 Å². The molecule has 0 spiro atoms. The van der Waals surface area contributed by atoms with E-state index in [1.54, 1.807) is 40.6 Å². The van der Waals surface area contributed by atoms with Crippen LogP contribution in [0.5, 0.6) is 0 Å². The smallest absolute Gasteiger partial charge is 0.190 e. The summed E-state index contributed by atoms with van der Waals surface area (Å²) in [6, 6.07) is 12.1. The van der Waals surface area contributed by atoms with E-state index >= 15 is 0 Å². The van der Waals surface area contributed by atoms with Gasteiger partial charge >= 0.3 is 0 Å². The first-order chi connectivity index (χ1) is 11.3. The molecular weight excluding hydrogens is 344 g/mol. The van der Waals surface area contributed by atoms with E-state index in [1.807, 2.05) is 23.6 Å². The van der Waals surface area contributed by atoms with Crippen LogP contribution in [0.4, 0.5) is 10.3 Å². The molecule has 0 aliphatic carbocycles. The Hall–Kier alpha value is -1.96. The van der Waals surface area contributed by atoms with E-state index in [0.29, 0.717) is 0 Å². The van der Waals surface area contributed by atoms with Gasteiger partial charge in [0, 0.05) is 16.5 Å². The first-order valence-corrected chi connectivity index (χ1v) is 9.83. The summed E-state index contributed by atoms with van der Waals surface area (Å²) >= 11 is 4.91. The predicted octanol–water partition coefficient (Wildman–Crippen LogP) is 5.28. The van der Waals surface area contributed by atoms with Crippen LogP contribution in [0, 0.1) is 0 Å². The zero-order chi connectivity index (χ0) is 15.6. The third-order valence-electron chi connectivity index (χ3n) is 3.25. The highest BCUT2D eigenvalue weighted by Crippen LogP contribution is 2.34. The number of nitrogens with zero attached hydrogens (tertiary/aromatic N) is 3. The average molecular weight is 357 g/mol. The summed E-state index contributed by atoms with van der Waals surface area (Å²) in [5, 5.41) is 7.01. The molecule has 0 amide bonds. The van der Waals surface area contributed by atoms with E-state index in [9.17, 15) is 0 Å². The number of benzene rings is 1. The molecule has 0 radical (unpaired) electrons. The lowest BCUT2D eigenvalue weighted by molar-refractivity contribution is 1.27. The molecule has 23 heavy (non-hydrogen) atoms. The minimum atomic E-state index is 0.829. The van der Waals surface area contributed by atoms with Crippen LogP contribution in [0.1, 0.15) is 0 Å². The lowest BCUT2D eigenvalue weighted by Crippen LogP contribution is -1.89. The normalized spacial score (nSPS) is 11.0. The molecule has 3 heterocycles. The topological polar surface area (TPSA) is 50.7 Å². The number of thioether (sulfide) groups is 1. The maximum atomic E-state index is 4.70. The fourth-order valence-corrected chi connectivity index (χ4v) is 4.48. The van der Waals surface area contributed by atoms with E-state index in [0.717, 1.165) is 27.2 Å². The summed E-state index contributed by atoms with van der Waals surface area (Å²) in [5.74, 6) is 0. The number of rotatable bonds is 4. The Morgan fingerprint density at radius 3 is 2.78 bits per heavy atom. The Morgan fingerprint density at radius 1 is 1.00 bits per heavy atom. The molecule has 0 aliphatic rings. The number of nitrogens with one attached hydrogen (secondary N) is 1. The Morgan fingerprint density at radius 2 is 1.96 bits per heavy atom. The van der Waals surface area contributed by atoms with Crippen molar-refractivity contribution in [3.8, 4) is 11.4 Å². The van der Waals surface area contributed by atoms with Gasteiger partial charge in [-0.05, 0) is 30.5 Å². The van der Waals surface area contributed by atoms with Crippen molar-refractivity contribution in [3.63, 3.8) is 0 Å². The Bertz CT molecular complexity index is 946. The number of para-hydroxylation sites is 1. The first-order valence-electron chi connectivity index (χ1n) is 6.91. The van der Waals surface area contributed by atoms with Crippen LogP contribution in [-0.4, -0.2) is 21.2 Å². The number of fused-ring (bicyclic) bond motifs is 1. The molecule has 4 rings (SSSR count). The van der Waals surface area contributed by atoms with E-state index in [1.165, 1.54) is 9.60 Å². The second-order valence-corrected chi connectivity index (χ2v) is 7.44. The highest BCUT2D eigenvalue weighted by molar-refractivity contribution is 7.98. The summed E-state index contributed by atoms with van der Waals surface area (Å²) in [6.07, 6.45) is 3.85. The molecule has 0 unspecified atom stereocenters. The number of pyridine rings is 1. The molecule has 0 aliphatic heterocycles. The molecule has 114 valence electrons. The van der Waals surface area contributed by atoms with Gasteiger partial charge in [0.1, 0.15) is 5.69 Å². The SMILES string of the molecule is CSc1cccc2sc(Nc3nc(-c4ccccn4)cs3)nc12. The molecule has 7 heteroatoms. The van der Waals surface area contributed by atoms with E-state index in [2.05, 4.69) is 39.7 Å². The quantitative estimate of drug-likeness (QED) is 0.504. The second-order valence-electron chi connectivity index (χ2n) is 4.70. The molecule has 4 aromatic rings. The van der Waals surface area contributed by atoms with Crippen LogP contribution in [0.2, 0.25) is 0 Å². The highest BCUT2D eigenvalue weighted by atomic mass is 32.2. The molecule has 1 aromatic carbocycles. The van der Waals surface area contributed by atoms with Gasteiger partial charge in [-0.25, -0.2) is 9.97 Å². The van der Waals surface area contributed by atoms with Crippen molar-refractivity contribution in [1.29, 1.82) is 0 Å². The number of hydrogen-bond acceptors (Lipinski definition) is 7. The number of anilines is 2. The zero-order valence-corrected chi connectivity index (χ0v) is 14.6. The van der Waals surface area contributed by atoms with Gasteiger partial charge in [0.15, 0.2) is 10.3 Å². The fraction of sp³-hybridized carbons (Fsp3) is 0.0625. The van der Waals surface area contributed by atoms with E-state index in [-0.39, 0.29) is 0 Å². The van der Waals surface area contributed by atoms with Crippen molar-refractivity contribution in [2.45, 2.75) is 4.90 Å². The van der Waals surface area contributed by atoms with E-state index < -0.39 is 0 Å². The number of hydrogen-bond donors (Lipinski definition) is 1. The maximum absolute atomic E-state index is 4.70. The van der Waals surface area contributed by atoms with Gasteiger partial charge in [0.25, 0.3) is 0 Å². The highest BCUT2D eigenvalue weighted by Gasteiger charge is 2.10.